The van der Waals surface area contributed by atoms with Crippen LogP contribution in [0.1, 0.15) is 0 Å². The third-order valence-electron chi connectivity index (χ3n) is 4.91. The molecule has 0 bridgehead atoms. The van der Waals surface area contributed by atoms with Crippen molar-refractivity contribution in [2.24, 2.45) is 0 Å². The van der Waals surface area contributed by atoms with E-state index in [1.807, 2.05) is 60.7 Å². The van der Waals surface area contributed by atoms with Crippen molar-refractivity contribution in [2.75, 3.05) is 4.90 Å². The molecule has 0 amide bonds. The van der Waals surface area contributed by atoms with Crippen molar-refractivity contribution >= 4 is 86.0 Å². The van der Waals surface area contributed by atoms with Crippen molar-refractivity contribution in [3.05, 3.63) is 105 Å². The van der Waals surface area contributed by atoms with E-state index in [1.165, 1.54) is 0 Å². The Bertz CT molecular complexity index is 1230. The molecule has 32 heavy (non-hydrogen) atoms. The van der Waals surface area contributed by atoms with Crippen LogP contribution < -0.4 is 4.90 Å². The van der Waals surface area contributed by atoms with E-state index in [9.17, 15) is 0 Å². The SMILES string of the molecule is S=C(Cl)N(c1ccccc1-c1ccc(Cl)cc1Cl)c1ccccc1-c1ccc(Cl)cc1Cl. The Morgan fingerprint density at radius 2 is 0.969 bits per heavy atom. The van der Waals surface area contributed by atoms with Gasteiger partial charge in [-0.1, -0.05) is 107 Å². The molecule has 0 saturated heterocycles. The van der Waals surface area contributed by atoms with Crippen molar-refractivity contribution in [1.29, 1.82) is 0 Å². The smallest absolute Gasteiger partial charge is 0.179 e. The van der Waals surface area contributed by atoms with Gasteiger partial charge in [0.25, 0.3) is 0 Å². The molecule has 0 saturated carbocycles. The minimum Gasteiger partial charge on any atom is -0.291 e. The molecule has 4 aromatic carbocycles. The lowest BCUT2D eigenvalue weighted by Gasteiger charge is -2.27. The van der Waals surface area contributed by atoms with Gasteiger partial charge in [0.1, 0.15) is 0 Å². The number of halogens is 5. The molecule has 0 radical (unpaired) electrons. The number of para-hydroxylation sites is 2. The lowest BCUT2D eigenvalue weighted by molar-refractivity contribution is 1.38. The lowest BCUT2D eigenvalue weighted by atomic mass is 10.00. The van der Waals surface area contributed by atoms with Crippen LogP contribution in [0.5, 0.6) is 0 Å². The molecule has 0 N–H and O–H groups in total. The summed E-state index contributed by atoms with van der Waals surface area (Å²) in [5, 5.41) is 2.17. The Labute approximate surface area is 217 Å². The molecule has 0 spiro atoms. The van der Waals surface area contributed by atoms with Crippen molar-refractivity contribution in [3.8, 4) is 22.3 Å². The predicted molar refractivity (Wildman–Crippen MR) is 144 cm³/mol. The van der Waals surface area contributed by atoms with E-state index in [-0.39, 0.29) is 4.45 Å². The van der Waals surface area contributed by atoms with Gasteiger partial charge < -0.3 is 0 Å². The number of thiocarbonyl (C=S) groups is 1. The summed E-state index contributed by atoms with van der Waals surface area (Å²) in [4.78, 5) is 1.80. The first-order chi connectivity index (χ1) is 15.4. The maximum Gasteiger partial charge on any atom is 0.179 e. The minimum absolute atomic E-state index is 0.153. The van der Waals surface area contributed by atoms with Crippen molar-refractivity contribution < 1.29 is 0 Å². The summed E-state index contributed by atoms with van der Waals surface area (Å²) < 4.78 is 0.153. The summed E-state index contributed by atoms with van der Waals surface area (Å²) in [6.45, 7) is 0. The molecular weight excluding hydrogens is 524 g/mol. The Morgan fingerprint density at radius 1 is 0.562 bits per heavy atom. The standard InChI is InChI=1S/C25H14Cl5NS/c26-15-9-11-17(21(28)13-15)19-5-1-3-7-23(19)31(25(30)32)24-8-4-2-6-20(24)18-12-10-16(27)14-22(18)29/h1-14H. The number of benzene rings is 4. The van der Waals surface area contributed by atoms with Gasteiger partial charge in [-0.2, -0.15) is 0 Å². The van der Waals surface area contributed by atoms with Crippen LogP contribution in [0.25, 0.3) is 22.3 Å². The fourth-order valence-electron chi connectivity index (χ4n) is 3.53. The number of anilines is 2. The van der Waals surface area contributed by atoms with Gasteiger partial charge in [-0.25, -0.2) is 0 Å². The summed E-state index contributed by atoms with van der Waals surface area (Å²) in [6.07, 6.45) is 0. The quantitative estimate of drug-likeness (QED) is 0.145. The lowest BCUT2D eigenvalue weighted by Crippen LogP contribution is -2.21. The van der Waals surface area contributed by atoms with Crippen LogP contribution in [0.2, 0.25) is 20.1 Å². The van der Waals surface area contributed by atoms with Crippen LogP contribution in [0.15, 0.2) is 84.9 Å². The van der Waals surface area contributed by atoms with E-state index in [0.29, 0.717) is 20.1 Å². The molecule has 0 fully saturated rings. The molecule has 7 heteroatoms. The first-order valence-corrected chi connectivity index (χ1v) is 11.7. The molecular formula is C25H14Cl5NS. The fraction of sp³-hybridized carbons (Fsp3) is 0. The third kappa shape index (κ3) is 4.77. The Balaban J connectivity index is 1.94. The van der Waals surface area contributed by atoms with E-state index >= 15 is 0 Å². The summed E-state index contributed by atoms with van der Waals surface area (Å²) in [5.74, 6) is 0. The molecule has 0 atom stereocenters. The highest BCUT2D eigenvalue weighted by Gasteiger charge is 2.22. The minimum atomic E-state index is 0.153. The molecule has 4 aromatic rings. The van der Waals surface area contributed by atoms with Crippen LogP contribution in [0, 0.1) is 0 Å². The zero-order chi connectivity index (χ0) is 22.8. The van der Waals surface area contributed by atoms with Crippen LogP contribution in [0.4, 0.5) is 11.4 Å². The molecule has 0 aromatic heterocycles. The van der Waals surface area contributed by atoms with Crippen LogP contribution in [0.3, 0.4) is 0 Å². The van der Waals surface area contributed by atoms with Crippen molar-refractivity contribution in [1.82, 2.24) is 0 Å². The van der Waals surface area contributed by atoms with Gasteiger partial charge in [0.2, 0.25) is 0 Å². The van der Waals surface area contributed by atoms with E-state index < -0.39 is 0 Å². The monoisotopic (exact) mass is 535 g/mol. The Morgan fingerprint density at radius 3 is 1.34 bits per heavy atom. The average molecular weight is 538 g/mol. The Hall–Kier alpha value is -1.78. The second-order valence-electron chi connectivity index (χ2n) is 6.87. The van der Waals surface area contributed by atoms with Gasteiger partial charge in [-0.3, -0.25) is 4.90 Å². The molecule has 0 aliphatic carbocycles. The topological polar surface area (TPSA) is 3.24 Å². The van der Waals surface area contributed by atoms with E-state index in [0.717, 1.165) is 33.6 Å². The van der Waals surface area contributed by atoms with Gasteiger partial charge in [-0.15, -0.1) is 0 Å². The van der Waals surface area contributed by atoms with Crippen molar-refractivity contribution in [2.45, 2.75) is 0 Å². The summed E-state index contributed by atoms with van der Waals surface area (Å²) in [7, 11) is 0. The number of nitrogens with zero attached hydrogens (tertiary/aromatic N) is 1. The number of hydrogen-bond donors (Lipinski definition) is 0. The Kier molecular flexibility index (Phi) is 7.31. The van der Waals surface area contributed by atoms with E-state index in [2.05, 4.69) is 0 Å². The van der Waals surface area contributed by atoms with Crippen LogP contribution in [-0.2, 0) is 0 Å². The third-order valence-corrected chi connectivity index (χ3v) is 6.36. The first-order valence-electron chi connectivity index (χ1n) is 9.45. The normalized spacial score (nSPS) is 10.8. The van der Waals surface area contributed by atoms with E-state index in [4.69, 9.17) is 70.2 Å². The van der Waals surface area contributed by atoms with Gasteiger partial charge in [0.05, 0.1) is 11.4 Å². The van der Waals surface area contributed by atoms with E-state index in [1.54, 1.807) is 29.2 Å². The molecule has 0 aliphatic heterocycles. The maximum atomic E-state index is 6.53. The van der Waals surface area contributed by atoms with Gasteiger partial charge in [0, 0.05) is 42.3 Å². The van der Waals surface area contributed by atoms with Crippen LogP contribution >= 0.6 is 70.2 Å². The molecule has 160 valence electrons. The summed E-state index contributed by atoms with van der Waals surface area (Å²) >= 11 is 37.3. The summed E-state index contributed by atoms with van der Waals surface area (Å²) in [6, 6.07) is 26.3. The zero-order valence-corrected chi connectivity index (χ0v) is 20.9. The highest BCUT2D eigenvalue weighted by atomic mass is 35.5. The summed E-state index contributed by atoms with van der Waals surface area (Å²) in [5.41, 5.74) is 4.88. The molecule has 0 aliphatic rings. The largest absolute Gasteiger partial charge is 0.291 e. The molecule has 4 rings (SSSR count). The zero-order valence-electron chi connectivity index (χ0n) is 16.3. The van der Waals surface area contributed by atoms with Gasteiger partial charge in [0.15, 0.2) is 4.45 Å². The molecule has 0 heterocycles. The molecule has 1 nitrogen and oxygen atoms in total. The van der Waals surface area contributed by atoms with Crippen LogP contribution in [-0.4, -0.2) is 4.45 Å². The van der Waals surface area contributed by atoms with Gasteiger partial charge in [-0.05, 0) is 48.6 Å². The van der Waals surface area contributed by atoms with Gasteiger partial charge >= 0.3 is 0 Å². The maximum absolute atomic E-state index is 6.53. The molecule has 0 unspecified atom stereocenters. The predicted octanol–water partition coefficient (Wildman–Crippen LogP) is 10.3. The second-order valence-corrected chi connectivity index (χ2v) is 9.53. The fourth-order valence-corrected chi connectivity index (χ4v) is 4.93. The first kappa shape index (κ1) is 23.4. The highest BCUT2D eigenvalue weighted by molar-refractivity contribution is 7.83. The number of rotatable bonds is 4. The number of hydrogen-bond acceptors (Lipinski definition) is 1. The average Bonchev–Trinajstić information content (AvgIpc) is 2.75. The second kappa shape index (κ2) is 10.0. The van der Waals surface area contributed by atoms with Crippen molar-refractivity contribution in [3.63, 3.8) is 0 Å². The highest BCUT2D eigenvalue weighted by Crippen LogP contribution is 2.44.